The monoisotopic (exact) mass is 361 g/mol. The number of rotatable bonds is 5. The zero-order valence-corrected chi connectivity index (χ0v) is 15.0. The molecule has 130 valence electrons. The first-order valence-corrected chi connectivity index (χ1v) is 8.87. The van der Waals surface area contributed by atoms with Crippen LogP contribution < -0.4 is 15.4 Å². The molecule has 0 aliphatic carbocycles. The van der Waals surface area contributed by atoms with Crippen LogP contribution in [0.3, 0.4) is 0 Å². The molecule has 0 bridgehead atoms. The van der Waals surface area contributed by atoms with Gasteiger partial charge in [0.25, 0.3) is 5.91 Å². The first-order valence-electron chi connectivity index (χ1n) is 7.39. The largest absolute Gasteiger partial charge is 0.351 e. The van der Waals surface area contributed by atoms with Crippen LogP contribution in [0, 0.1) is 5.41 Å². The zero-order valence-electron chi connectivity index (χ0n) is 13.4. The van der Waals surface area contributed by atoms with Crippen LogP contribution in [0.4, 0.5) is 0 Å². The second kappa shape index (κ2) is 8.10. The Balaban J connectivity index is 0.00000264. The fourth-order valence-electron chi connectivity index (χ4n) is 2.51. The number of sulfonamides is 1. The van der Waals surface area contributed by atoms with E-state index in [4.69, 9.17) is 0 Å². The van der Waals surface area contributed by atoms with Crippen LogP contribution >= 0.6 is 12.4 Å². The van der Waals surface area contributed by atoms with Gasteiger partial charge in [-0.3, -0.25) is 4.79 Å². The summed E-state index contributed by atoms with van der Waals surface area (Å²) in [7, 11) is -2.11. The minimum absolute atomic E-state index is 0. The molecular weight excluding hydrogens is 338 g/mol. The minimum atomic E-state index is -3.47. The molecule has 1 aliphatic rings. The Morgan fingerprint density at radius 1 is 1.22 bits per heavy atom. The number of nitrogens with one attached hydrogen (secondary N) is 3. The maximum atomic E-state index is 12.2. The average Bonchev–Trinajstić information content (AvgIpc) is 2.53. The molecule has 1 aromatic rings. The fourth-order valence-corrected chi connectivity index (χ4v) is 3.24. The van der Waals surface area contributed by atoms with Crippen molar-refractivity contribution in [3.05, 3.63) is 29.8 Å². The summed E-state index contributed by atoms with van der Waals surface area (Å²) in [5.74, 6) is -0.173. The van der Waals surface area contributed by atoms with Gasteiger partial charge in [-0.25, -0.2) is 13.1 Å². The summed E-state index contributed by atoms with van der Waals surface area (Å²) in [5.41, 5.74) is 0.587. The van der Waals surface area contributed by atoms with Crippen LogP contribution in [-0.4, -0.2) is 41.0 Å². The highest BCUT2D eigenvalue weighted by molar-refractivity contribution is 7.89. The molecule has 0 saturated carbocycles. The van der Waals surface area contributed by atoms with Gasteiger partial charge in [0.2, 0.25) is 10.0 Å². The van der Waals surface area contributed by atoms with Crippen LogP contribution in [0.5, 0.6) is 0 Å². The summed E-state index contributed by atoms with van der Waals surface area (Å²) in [4.78, 5) is 12.3. The number of amides is 1. The van der Waals surface area contributed by atoms with E-state index in [1.54, 1.807) is 0 Å². The van der Waals surface area contributed by atoms with E-state index in [-0.39, 0.29) is 28.6 Å². The third kappa shape index (κ3) is 5.17. The smallest absolute Gasteiger partial charge is 0.251 e. The number of piperidine rings is 1. The van der Waals surface area contributed by atoms with Gasteiger partial charge < -0.3 is 10.6 Å². The van der Waals surface area contributed by atoms with Gasteiger partial charge in [0.15, 0.2) is 0 Å². The minimum Gasteiger partial charge on any atom is -0.351 e. The molecule has 3 N–H and O–H groups in total. The maximum absolute atomic E-state index is 12.2. The third-order valence-electron chi connectivity index (χ3n) is 4.18. The number of benzene rings is 1. The van der Waals surface area contributed by atoms with Crippen molar-refractivity contribution in [1.82, 2.24) is 15.4 Å². The van der Waals surface area contributed by atoms with E-state index < -0.39 is 10.0 Å². The van der Waals surface area contributed by atoms with Crippen molar-refractivity contribution in [2.24, 2.45) is 5.41 Å². The summed E-state index contributed by atoms with van der Waals surface area (Å²) in [6.45, 7) is 4.76. The maximum Gasteiger partial charge on any atom is 0.251 e. The SMILES string of the molecule is CNS(=O)(=O)c1ccc(C(=O)NCC2(C)CCNCC2)cc1.Cl. The predicted molar refractivity (Wildman–Crippen MR) is 92.5 cm³/mol. The van der Waals surface area contributed by atoms with Gasteiger partial charge >= 0.3 is 0 Å². The van der Waals surface area contributed by atoms with Crippen molar-refractivity contribution < 1.29 is 13.2 Å². The van der Waals surface area contributed by atoms with Crippen LogP contribution in [0.1, 0.15) is 30.1 Å². The van der Waals surface area contributed by atoms with Crippen molar-refractivity contribution in [2.45, 2.75) is 24.7 Å². The second-order valence-corrected chi connectivity index (χ2v) is 7.86. The summed E-state index contributed by atoms with van der Waals surface area (Å²) in [5, 5.41) is 6.26. The Morgan fingerprint density at radius 3 is 2.30 bits per heavy atom. The molecule has 0 radical (unpaired) electrons. The highest BCUT2D eigenvalue weighted by atomic mass is 35.5. The Kier molecular flexibility index (Phi) is 7.01. The van der Waals surface area contributed by atoms with Crippen LogP contribution in [0.2, 0.25) is 0 Å². The fraction of sp³-hybridized carbons (Fsp3) is 0.533. The van der Waals surface area contributed by atoms with Crippen LogP contribution in [0.15, 0.2) is 29.2 Å². The van der Waals surface area contributed by atoms with Crippen molar-refractivity contribution in [3.63, 3.8) is 0 Å². The molecule has 0 spiro atoms. The molecule has 1 fully saturated rings. The molecule has 1 aliphatic heterocycles. The van der Waals surface area contributed by atoms with Gasteiger partial charge in [0.05, 0.1) is 4.90 Å². The molecule has 1 aromatic carbocycles. The number of carbonyl (C=O) groups is 1. The number of hydrogen-bond donors (Lipinski definition) is 3. The van der Waals surface area contributed by atoms with Gasteiger partial charge in [-0.05, 0) is 62.7 Å². The van der Waals surface area contributed by atoms with Gasteiger partial charge in [0.1, 0.15) is 0 Å². The highest BCUT2D eigenvalue weighted by Crippen LogP contribution is 2.26. The molecule has 1 saturated heterocycles. The van der Waals surface area contributed by atoms with E-state index in [2.05, 4.69) is 22.3 Å². The highest BCUT2D eigenvalue weighted by Gasteiger charge is 2.27. The molecule has 1 heterocycles. The Hall–Kier alpha value is -1.15. The second-order valence-electron chi connectivity index (χ2n) is 5.98. The molecule has 23 heavy (non-hydrogen) atoms. The summed E-state index contributed by atoms with van der Waals surface area (Å²) < 4.78 is 25.5. The Labute approximate surface area is 143 Å². The van der Waals surface area contributed by atoms with Crippen molar-refractivity contribution in [3.8, 4) is 0 Å². The van der Waals surface area contributed by atoms with Crippen LogP contribution in [0.25, 0.3) is 0 Å². The first-order chi connectivity index (χ1) is 10.4. The topological polar surface area (TPSA) is 87.3 Å². The quantitative estimate of drug-likeness (QED) is 0.733. The lowest BCUT2D eigenvalue weighted by molar-refractivity contribution is 0.0922. The van der Waals surface area contributed by atoms with E-state index in [1.165, 1.54) is 31.3 Å². The molecule has 1 amide bonds. The molecule has 0 atom stereocenters. The Morgan fingerprint density at radius 2 is 1.78 bits per heavy atom. The lowest BCUT2D eigenvalue weighted by Gasteiger charge is -2.34. The van der Waals surface area contributed by atoms with E-state index in [0.29, 0.717) is 12.1 Å². The lowest BCUT2D eigenvalue weighted by Crippen LogP contribution is -2.42. The molecular formula is C15H24ClN3O3S. The average molecular weight is 362 g/mol. The van der Waals surface area contributed by atoms with Crippen molar-refractivity contribution >= 4 is 28.3 Å². The standard InChI is InChI=1S/C15H23N3O3S.ClH/c1-15(7-9-17-10-8-15)11-18-14(19)12-3-5-13(6-4-12)22(20,21)16-2;/h3-6,16-17H,7-11H2,1-2H3,(H,18,19);1H. The normalized spacial score (nSPS) is 17.1. The zero-order chi connectivity index (χ0) is 16.2. The third-order valence-corrected chi connectivity index (χ3v) is 5.61. The van der Waals surface area contributed by atoms with Gasteiger partial charge in [-0.15, -0.1) is 12.4 Å². The summed E-state index contributed by atoms with van der Waals surface area (Å²) >= 11 is 0. The number of carbonyl (C=O) groups excluding carboxylic acids is 1. The van der Waals surface area contributed by atoms with Crippen molar-refractivity contribution in [2.75, 3.05) is 26.7 Å². The summed E-state index contributed by atoms with van der Waals surface area (Å²) in [6, 6.07) is 5.94. The van der Waals surface area contributed by atoms with E-state index in [9.17, 15) is 13.2 Å². The summed E-state index contributed by atoms with van der Waals surface area (Å²) in [6.07, 6.45) is 2.07. The molecule has 0 unspecified atom stereocenters. The molecule has 2 rings (SSSR count). The number of hydrogen-bond acceptors (Lipinski definition) is 4. The van der Waals surface area contributed by atoms with E-state index in [1.807, 2.05) is 0 Å². The number of halogens is 1. The Bertz CT molecular complexity index is 626. The molecule has 6 nitrogen and oxygen atoms in total. The molecule has 0 aromatic heterocycles. The van der Waals surface area contributed by atoms with Gasteiger partial charge in [-0.2, -0.15) is 0 Å². The van der Waals surface area contributed by atoms with E-state index in [0.717, 1.165) is 25.9 Å². The predicted octanol–water partition coefficient (Wildman–Crippen LogP) is 1.14. The van der Waals surface area contributed by atoms with Gasteiger partial charge in [-0.1, -0.05) is 6.92 Å². The van der Waals surface area contributed by atoms with Crippen LogP contribution in [-0.2, 0) is 10.0 Å². The van der Waals surface area contributed by atoms with Crippen molar-refractivity contribution in [1.29, 1.82) is 0 Å². The van der Waals surface area contributed by atoms with Gasteiger partial charge in [0, 0.05) is 12.1 Å². The lowest BCUT2D eigenvalue weighted by atomic mass is 9.81. The first kappa shape index (κ1) is 19.9. The van der Waals surface area contributed by atoms with E-state index >= 15 is 0 Å². The molecule has 8 heteroatoms.